The molecule has 104 valence electrons. The number of hydrogen-bond acceptors (Lipinski definition) is 2. The molecule has 1 aromatic rings. The van der Waals surface area contributed by atoms with E-state index in [0.717, 1.165) is 17.1 Å². The van der Waals surface area contributed by atoms with Gasteiger partial charge in [0.2, 0.25) is 0 Å². The molecule has 1 aliphatic carbocycles. The van der Waals surface area contributed by atoms with Crippen LogP contribution in [-0.2, 0) is 6.54 Å². The zero-order chi connectivity index (χ0) is 13.1. The Hall–Kier alpha value is -0.380. The van der Waals surface area contributed by atoms with Gasteiger partial charge < -0.3 is 5.32 Å². The maximum Gasteiger partial charge on any atom is 0.0210 e. The van der Waals surface area contributed by atoms with E-state index in [4.69, 9.17) is 0 Å². The molecule has 1 saturated heterocycles. The molecule has 1 atom stereocenters. The van der Waals surface area contributed by atoms with Crippen molar-refractivity contribution in [1.82, 2.24) is 10.2 Å². The average Bonchev–Trinajstić information content (AvgIpc) is 3.09. The van der Waals surface area contributed by atoms with Crippen LogP contribution in [0.25, 0.3) is 0 Å². The Labute approximate surface area is 124 Å². The second-order valence-corrected chi connectivity index (χ2v) is 6.84. The largest absolute Gasteiger partial charge is 0.309 e. The van der Waals surface area contributed by atoms with E-state index < -0.39 is 0 Å². The molecule has 1 aromatic carbocycles. The fourth-order valence-electron chi connectivity index (χ4n) is 3.42. The van der Waals surface area contributed by atoms with Crippen molar-refractivity contribution in [3.05, 3.63) is 34.3 Å². The van der Waals surface area contributed by atoms with Gasteiger partial charge in [-0.1, -0.05) is 40.9 Å². The average molecular weight is 323 g/mol. The van der Waals surface area contributed by atoms with Crippen molar-refractivity contribution in [3.8, 4) is 0 Å². The van der Waals surface area contributed by atoms with Crippen LogP contribution in [0.1, 0.15) is 37.7 Å². The zero-order valence-electron chi connectivity index (χ0n) is 11.4. The predicted octanol–water partition coefficient (Wildman–Crippen LogP) is 3.56. The Bertz CT molecular complexity index is 398. The molecule has 1 heterocycles. The minimum atomic E-state index is 0.684. The summed E-state index contributed by atoms with van der Waals surface area (Å²) in [6.45, 7) is 3.54. The summed E-state index contributed by atoms with van der Waals surface area (Å²) in [7, 11) is 0. The maximum absolute atomic E-state index is 3.71. The molecule has 0 radical (unpaired) electrons. The molecule has 3 rings (SSSR count). The summed E-state index contributed by atoms with van der Waals surface area (Å²) >= 11 is 3.48. The summed E-state index contributed by atoms with van der Waals surface area (Å²) in [6, 6.07) is 10.2. The molecule has 3 heteroatoms. The molecule has 2 aliphatic rings. The first kappa shape index (κ1) is 13.6. The number of nitrogens with zero attached hydrogens (tertiary/aromatic N) is 1. The van der Waals surface area contributed by atoms with E-state index in [1.165, 1.54) is 50.8 Å². The molecule has 0 spiro atoms. The summed E-state index contributed by atoms with van der Waals surface area (Å²) in [6.07, 6.45) is 7.06. The zero-order valence-corrected chi connectivity index (χ0v) is 13.0. The molecule has 1 saturated carbocycles. The highest BCUT2D eigenvalue weighted by Gasteiger charge is 2.29. The topological polar surface area (TPSA) is 15.3 Å². The number of hydrogen-bond donors (Lipinski definition) is 1. The first-order valence-corrected chi connectivity index (χ1v) is 8.32. The van der Waals surface area contributed by atoms with Crippen LogP contribution in [0.5, 0.6) is 0 Å². The lowest BCUT2D eigenvalue weighted by Crippen LogP contribution is -2.36. The van der Waals surface area contributed by atoms with E-state index in [0.29, 0.717) is 6.04 Å². The van der Waals surface area contributed by atoms with E-state index in [2.05, 4.69) is 50.4 Å². The van der Waals surface area contributed by atoms with Crippen LogP contribution < -0.4 is 5.32 Å². The highest BCUT2D eigenvalue weighted by atomic mass is 79.9. The molecule has 0 aromatic heterocycles. The molecule has 1 N–H and O–H groups in total. The fourth-order valence-corrected chi connectivity index (χ4v) is 3.68. The number of rotatable bonds is 4. The van der Waals surface area contributed by atoms with Crippen molar-refractivity contribution >= 4 is 15.9 Å². The van der Waals surface area contributed by atoms with Crippen molar-refractivity contribution in [1.29, 1.82) is 0 Å². The molecule has 2 fully saturated rings. The Balaban J connectivity index is 1.45. The monoisotopic (exact) mass is 322 g/mol. The van der Waals surface area contributed by atoms with Crippen LogP contribution in [0.4, 0.5) is 0 Å². The molecule has 2 nitrogen and oxygen atoms in total. The quantitative estimate of drug-likeness (QED) is 0.911. The lowest BCUT2D eigenvalue weighted by Gasteiger charge is -2.23. The molecule has 0 amide bonds. The van der Waals surface area contributed by atoms with Crippen molar-refractivity contribution < 1.29 is 0 Å². The van der Waals surface area contributed by atoms with Crippen molar-refractivity contribution in [2.24, 2.45) is 0 Å². The summed E-state index contributed by atoms with van der Waals surface area (Å²) < 4.78 is 1.16. The van der Waals surface area contributed by atoms with Crippen molar-refractivity contribution in [2.75, 3.05) is 13.1 Å². The Kier molecular flexibility index (Phi) is 4.57. The van der Waals surface area contributed by atoms with Crippen LogP contribution in [-0.4, -0.2) is 30.1 Å². The molecule has 1 aliphatic heterocycles. The van der Waals surface area contributed by atoms with E-state index in [9.17, 15) is 0 Å². The van der Waals surface area contributed by atoms with Gasteiger partial charge in [0.05, 0.1) is 0 Å². The van der Waals surface area contributed by atoms with E-state index >= 15 is 0 Å². The number of halogens is 1. The SMILES string of the molecule is Brc1ccc(CNC2CCN(C3CCCC3)C2)cc1. The molecule has 19 heavy (non-hydrogen) atoms. The normalized spacial score (nSPS) is 25.2. The lowest BCUT2D eigenvalue weighted by atomic mass is 10.2. The van der Waals surface area contributed by atoms with E-state index in [-0.39, 0.29) is 0 Å². The molecular formula is C16H23BrN2. The second-order valence-electron chi connectivity index (χ2n) is 5.93. The highest BCUT2D eigenvalue weighted by molar-refractivity contribution is 9.10. The van der Waals surface area contributed by atoms with Crippen LogP contribution >= 0.6 is 15.9 Å². The van der Waals surface area contributed by atoms with Gasteiger partial charge in [0, 0.05) is 36.2 Å². The van der Waals surface area contributed by atoms with Gasteiger partial charge in [0.1, 0.15) is 0 Å². The van der Waals surface area contributed by atoms with E-state index in [1.807, 2.05) is 0 Å². The molecule has 1 unspecified atom stereocenters. The summed E-state index contributed by atoms with van der Waals surface area (Å²) in [5.74, 6) is 0. The van der Waals surface area contributed by atoms with Gasteiger partial charge in [0.15, 0.2) is 0 Å². The maximum atomic E-state index is 3.71. The number of nitrogens with one attached hydrogen (secondary N) is 1. The Morgan fingerprint density at radius 1 is 1.11 bits per heavy atom. The van der Waals surface area contributed by atoms with Crippen molar-refractivity contribution in [2.45, 2.75) is 50.7 Å². The van der Waals surface area contributed by atoms with Gasteiger partial charge in [-0.05, 0) is 37.0 Å². The van der Waals surface area contributed by atoms with Gasteiger partial charge in [-0.25, -0.2) is 0 Å². The van der Waals surface area contributed by atoms with Crippen LogP contribution in [0, 0.1) is 0 Å². The third-order valence-corrected chi connectivity index (χ3v) is 5.10. The standard InChI is InChI=1S/C16H23BrN2/c17-14-7-5-13(6-8-14)11-18-15-9-10-19(12-15)16-3-1-2-4-16/h5-8,15-16,18H,1-4,9-12H2. The molecule has 0 bridgehead atoms. The number of benzene rings is 1. The van der Waals surface area contributed by atoms with E-state index in [1.54, 1.807) is 0 Å². The smallest absolute Gasteiger partial charge is 0.0210 e. The molecular weight excluding hydrogens is 300 g/mol. The predicted molar refractivity (Wildman–Crippen MR) is 83.2 cm³/mol. The Morgan fingerprint density at radius 3 is 2.58 bits per heavy atom. The fraction of sp³-hybridized carbons (Fsp3) is 0.625. The minimum Gasteiger partial charge on any atom is -0.309 e. The summed E-state index contributed by atoms with van der Waals surface area (Å²) in [5, 5.41) is 3.71. The van der Waals surface area contributed by atoms with Gasteiger partial charge in [0.25, 0.3) is 0 Å². The van der Waals surface area contributed by atoms with Crippen molar-refractivity contribution in [3.63, 3.8) is 0 Å². The van der Waals surface area contributed by atoms with Gasteiger partial charge in [-0.2, -0.15) is 0 Å². The lowest BCUT2D eigenvalue weighted by molar-refractivity contribution is 0.240. The van der Waals surface area contributed by atoms with Crippen LogP contribution in [0.15, 0.2) is 28.7 Å². The minimum absolute atomic E-state index is 0.684. The van der Waals surface area contributed by atoms with Gasteiger partial charge >= 0.3 is 0 Å². The third kappa shape index (κ3) is 3.59. The van der Waals surface area contributed by atoms with Gasteiger partial charge in [-0.15, -0.1) is 0 Å². The van der Waals surface area contributed by atoms with Crippen LogP contribution in [0.3, 0.4) is 0 Å². The number of likely N-dealkylation sites (tertiary alicyclic amines) is 1. The van der Waals surface area contributed by atoms with Gasteiger partial charge in [-0.3, -0.25) is 4.90 Å². The first-order chi connectivity index (χ1) is 9.31. The van der Waals surface area contributed by atoms with Crippen LogP contribution in [0.2, 0.25) is 0 Å². The highest BCUT2D eigenvalue weighted by Crippen LogP contribution is 2.26. The second kappa shape index (κ2) is 6.38. The Morgan fingerprint density at radius 2 is 1.84 bits per heavy atom. The summed E-state index contributed by atoms with van der Waals surface area (Å²) in [5.41, 5.74) is 1.38. The third-order valence-electron chi connectivity index (χ3n) is 4.57. The summed E-state index contributed by atoms with van der Waals surface area (Å²) in [4.78, 5) is 2.71. The first-order valence-electron chi connectivity index (χ1n) is 7.53.